The van der Waals surface area contributed by atoms with Crippen LogP contribution in [0.4, 0.5) is 5.82 Å². The largest absolute Gasteiger partial charge is 0.480 e. The molecule has 0 saturated carbocycles. The van der Waals surface area contributed by atoms with Crippen molar-refractivity contribution in [3.8, 4) is 0 Å². The summed E-state index contributed by atoms with van der Waals surface area (Å²) in [4.78, 5) is 28.7. The SMILES string of the molecule is CCC1CN(c2cc(=O)n(CC(=O)O)cn2)CCCO1. The van der Waals surface area contributed by atoms with Crippen LogP contribution in [0.2, 0.25) is 0 Å². The molecule has 7 nitrogen and oxygen atoms in total. The van der Waals surface area contributed by atoms with Crippen molar-refractivity contribution in [2.24, 2.45) is 0 Å². The van der Waals surface area contributed by atoms with Crippen molar-refractivity contribution in [3.63, 3.8) is 0 Å². The number of carbonyl (C=O) groups is 1. The fourth-order valence-corrected chi connectivity index (χ4v) is 2.20. The van der Waals surface area contributed by atoms with Crippen LogP contribution < -0.4 is 10.5 Å². The predicted molar refractivity (Wildman–Crippen MR) is 73.0 cm³/mol. The first-order valence-corrected chi connectivity index (χ1v) is 6.75. The molecule has 1 fully saturated rings. The highest BCUT2D eigenvalue weighted by molar-refractivity contribution is 5.66. The summed E-state index contributed by atoms with van der Waals surface area (Å²) in [6.07, 6.45) is 3.22. The summed E-state index contributed by atoms with van der Waals surface area (Å²) in [7, 11) is 0. The van der Waals surface area contributed by atoms with E-state index in [1.165, 1.54) is 12.4 Å². The van der Waals surface area contributed by atoms with Crippen LogP contribution in [0.5, 0.6) is 0 Å². The zero-order chi connectivity index (χ0) is 14.5. The molecule has 1 unspecified atom stereocenters. The molecule has 2 heterocycles. The monoisotopic (exact) mass is 281 g/mol. The van der Waals surface area contributed by atoms with Crippen molar-refractivity contribution >= 4 is 11.8 Å². The van der Waals surface area contributed by atoms with Crippen LogP contribution in [0, 0.1) is 0 Å². The van der Waals surface area contributed by atoms with Crippen LogP contribution in [0.15, 0.2) is 17.2 Å². The molecule has 1 aromatic heterocycles. The van der Waals surface area contributed by atoms with Gasteiger partial charge in [0.2, 0.25) is 0 Å². The summed E-state index contributed by atoms with van der Waals surface area (Å²) in [6.45, 7) is 3.89. The van der Waals surface area contributed by atoms with Crippen LogP contribution in [0.3, 0.4) is 0 Å². The highest BCUT2D eigenvalue weighted by Crippen LogP contribution is 2.14. The fourth-order valence-electron chi connectivity index (χ4n) is 2.20. The molecule has 1 N–H and O–H groups in total. The molecule has 0 bridgehead atoms. The van der Waals surface area contributed by atoms with Crippen LogP contribution >= 0.6 is 0 Å². The summed E-state index contributed by atoms with van der Waals surface area (Å²) >= 11 is 0. The topological polar surface area (TPSA) is 84.7 Å². The zero-order valence-electron chi connectivity index (χ0n) is 11.5. The van der Waals surface area contributed by atoms with E-state index in [0.717, 1.165) is 24.0 Å². The summed E-state index contributed by atoms with van der Waals surface area (Å²) in [5.74, 6) is -0.476. The maximum atomic E-state index is 11.9. The quantitative estimate of drug-likeness (QED) is 0.856. The lowest BCUT2D eigenvalue weighted by Gasteiger charge is -2.24. The second kappa shape index (κ2) is 6.51. The normalized spacial score (nSPS) is 19.6. The highest BCUT2D eigenvalue weighted by atomic mass is 16.5. The van der Waals surface area contributed by atoms with E-state index in [2.05, 4.69) is 11.9 Å². The number of carboxylic acids is 1. The maximum Gasteiger partial charge on any atom is 0.323 e. The zero-order valence-corrected chi connectivity index (χ0v) is 11.5. The Morgan fingerprint density at radius 2 is 2.40 bits per heavy atom. The number of aromatic nitrogens is 2. The third kappa shape index (κ3) is 3.57. The minimum absolute atomic E-state index is 0.140. The average molecular weight is 281 g/mol. The Hall–Kier alpha value is -1.89. The molecule has 1 aromatic rings. The van der Waals surface area contributed by atoms with E-state index in [0.29, 0.717) is 19.0 Å². The minimum atomic E-state index is -1.06. The van der Waals surface area contributed by atoms with Gasteiger partial charge in [-0.3, -0.25) is 14.2 Å². The standard InChI is InChI=1S/C13H19N3O4/c1-2-10-7-15(4-3-5-20-10)11-6-12(17)16(9-14-11)8-13(18)19/h6,9-10H,2-5,7-8H2,1H3,(H,18,19). The molecule has 1 atom stereocenters. The molecule has 0 aromatic carbocycles. The average Bonchev–Trinajstić information content (AvgIpc) is 2.66. The fraction of sp³-hybridized carbons (Fsp3) is 0.615. The number of anilines is 1. The molecular weight excluding hydrogens is 262 g/mol. The van der Waals surface area contributed by atoms with Crippen LogP contribution in [-0.2, 0) is 16.1 Å². The molecule has 0 radical (unpaired) electrons. The third-order valence-electron chi connectivity index (χ3n) is 3.30. The molecule has 110 valence electrons. The molecule has 0 aliphatic carbocycles. The lowest BCUT2D eigenvalue weighted by molar-refractivity contribution is -0.137. The Morgan fingerprint density at radius 1 is 1.60 bits per heavy atom. The van der Waals surface area contributed by atoms with Crippen LogP contribution in [-0.4, -0.2) is 46.4 Å². The van der Waals surface area contributed by atoms with Crippen LogP contribution in [0.25, 0.3) is 0 Å². The van der Waals surface area contributed by atoms with Gasteiger partial charge in [0, 0.05) is 25.8 Å². The van der Waals surface area contributed by atoms with Crippen molar-refractivity contribution < 1.29 is 14.6 Å². The molecule has 20 heavy (non-hydrogen) atoms. The van der Waals surface area contributed by atoms with Gasteiger partial charge in [-0.1, -0.05) is 6.92 Å². The number of hydrogen-bond acceptors (Lipinski definition) is 5. The summed E-state index contributed by atoms with van der Waals surface area (Å²) in [6, 6.07) is 1.39. The lowest BCUT2D eigenvalue weighted by Crippen LogP contribution is -2.34. The van der Waals surface area contributed by atoms with Gasteiger partial charge in [-0.25, -0.2) is 4.98 Å². The molecule has 1 saturated heterocycles. The maximum absolute atomic E-state index is 11.9. The Kier molecular flexibility index (Phi) is 4.73. The Bertz CT molecular complexity index is 529. The van der Waals surface area contributed by atoms with E-state index >= 15 is 0 Å². The van der Waals surface area contributed by atoms with Gasteiger partial charge in [0.05, 0.1) is 6.10 Å². The van der Waals surface area contributed by atoms with Gasteiger partial charge in [0.25, 0.3) is 5.56 Å². The van der Waals surface area contributed by atoms with E-state index in [9.17, 15) is 9.59 Å². The second-order valence-corrected chi connectivity index (χ2v) is 4.81. The Labute approximate surface area is 116 Å². The van der Waals surface area contributed by atoms with Gasteiger partial charge in [0.1, 0.15) is 18.7 Å². The first-order valence-electron chi connectivity index (χ1n) is 6.75. The number of carboxylic acid groups (broad SMARTS) is 1. The predicted octanol–water partition coefficient (Wildman–Crippen LogP) is 0.333. The summed E-state index contributed by atoms with van der Waals surface area (Å²) in [5.41, 5.74) is -0.351. The van der Waals surface area contributed by atoms with Gasteiger partial charge in [-0.2, -0.15) is 0 Å². The Morgan fingerprint density at radius 3 is 3.05 bits per heavy atom. The van der Waals surface area contributed by atoms with E-state index in [-0.39, 0.29) is 18.2 Å². The van der Waals surface area contributed by atoms with Gasteiger partial charge in [0.15, 0.2) is 0 Å². The lowest BCUT2D eigenvalue weighted by atomic mass is 10.2. The number of rotatable bonds is 4. The number of aliphatic carboxylic acids is 1. The first kappa shape index (κ1) is 14.5. The molecule has 0 spiro atoms. The van der Waals surface area contributed by atoms with E-state index < -0.39 is 5.97 Å². The van der Waals surface area contributed by atoms with Crippen molar-refractivity contribution in [2.45, 2.75) is 32.4 Å². The number of nitrogens with zero attached hydrogens (tertiary/aromatic N) is 3. The summed E-state index contributed by atoms with van der Waals surface area (Å²) in [5, 5.41) is 8.70. The van der Waals surface area contributed by atoms with Crippen LogP contribution in [0.1, 0.15) is 19.8 Å². The van der Waals surface area contributed by atoms with Gasteiger partial charge in [-0.15, -0.1) is 0 Å². The highest BCUT2D eigenvalue weighted by Gasteiger charge is 2.19. The van der Waals surface area contributed by atoms with Crippen molar-refractivity contribution in [2.75, 3.05) is 24.6 Å². The molecule has 0 amide bonds. The smallest absolute Gasteiger partial charge is 0.323 e. The van der Waals surface area contributed by atoms with Crippen molar-refractivity contribution in [1.82, 2.24) is 9.55 Å². The minimum Gasteiger partial charge on any atom is -0.480 e. The summed E-state index contributed by atoms with van der Waals surface area (Å²) < 4.78 is 6.76. The Balaban J connectivity index is 2.17. The second-order valence-electron chi connectivity index (χ2n) is 4.81. The van der Waals surface area contributed by atoms with E-state index in [1.54, 1.807) is 0 Å². The molecule has 2 rings (SSSR count). The third-order valence-corrected chi connectivity index (χ3v) is 3.30. The van der Waals surface area contributed by atoms with E-state index in [4.69, 9.17) is 9.84 Å². The van der Waals surface area contributed by atoms with Gasteiger partial charge >= 0.3 is 5.97 Å². The van der Waals surface area contributed by atoms with Gasteiger partial charge in [-0.05, 0) is 12.8 Å². The number of hydrogen-bond donors (Lipinski definition) is 1. The molecule has 1 aliphatic heterocycles. The van der Waals surface area contributed by atoms with Crippen molar-refractivity contribution in [1.29, 1.82) is 0 Å². The molecule has 7 heteroatoms. The van der Waals surface area contributed by atoms with E-state index in [1.807, 2.05) is 4.90 Å². The van der Waals surface area contributed by atoms with Crippen molar-refractivity contribution in [3.05, 3.63) is 22.7 Å². The molecule has 1 aliphatic rings. The van der Waals surface area contributed by atoms with Gasteiger partial charge < -0.3 is 14.7 Å². The first-order chi connectivity index (χ1) is 9.60. The molecular formula is C13H19N3O4. The number of ether oxygens (including phenoxy) is 1.